The van der Waals surface area contributed by atoms with Crippen molar-refractivity contribution in [2.45, 2.75) is 6.04 Å². The van der Waals surface area contributed by atoms with Crippen LogP contribution in [0.5, 0.6) is 34.5 Å². The van der Waals surface area contributed by atoms with Crippen molar-refractivity contribution in [2.24, 2.45) is 0 Å². The van der Waals surface area contributed by atoms with Crippen molar-refractivity contribution in [3.8, 4) is 34.5 Å². The van der Waals surface area contributed by atoms with Crippen LogP contribution in [0.25, 0.3) is 16.0 Å². The van der Waals surface area contributed by atoms with E-state index in [2.05, 4.69) is 4.98 Å². The molecule has 0 bridgehead atoms. The van der Waals surface area contributed by atoms with Gasteiger partial charge >= 0.3 is 5.91 Å². The van der Waals surface area contributed by atoms with Gasteiger partial charge < -0.3 is 33.5 Å². The Morgan fingerprint density at radius 2 is 1.62 bits per heavy atom. The number of ketones is 1. The van der Waals surface area contributed by atoms with Crippen LogP contribution in [0.4, 0.5) is 5.13 Å². The summed E-state index contributed by atoms with van der Waals surface area (Å²) in [5, 5.41) is 11.9. The molecule has 0 spiro atoms. The van der Waals surface area contributed by atoms with Crippen molar-refractivity contribution in [2.75, 3.05) is 46.6 Å². The number of anilines is 1. The van der Waals surface area contributed by atoms with Gasteiger partial charge in [0.25, 0.3) is 5.78 Å². The van der Waals surface area contributed by atoms with Crippen molar-refractivity contribution in [3.05, 3.63) is 65.2 Å². The summed E-state index contributed by atoms with van der Waals surface area (Å²) in [4.78, 5) is 33.4. The third kappa shape index (κ3) is 4.40. The van der Waals surface area contributed by atoms with E-state index in [-0.39, 0.29) is 22.0 Å². The molecule has 1 atom stereocenters. The van der Waals surface area contributed by atoms with E-state index in [1.807, 2.05) is 0 Å². The second kappa shape index (κ2) is 10.8. The lowest BCUT2D eigenvalue weighted by atomic mass is 9.94. The van der Waals surface area contributed by atoms with E-state index in [0.29, 0.717) is 58.8 Å². The molecule has 0 aliphatic carbocycles. The molecule has 3 heterocycles. The number of fused-ring (bicyclic) bond motifs is 2. The standard InChI is InChI=1S/C30H26N2O9S/c1-36-17-6-7-18-23(14-17)42-30(31-18)32-25(16-12-21(37-2)28(39-4)22(13-16)38-3)24(27(34)29(32)35)26(33)15-5-8-19-20(11-15)41-10-9-40-19/h5-8,11-14,25,33H,9-10H2,1-4H3/t25-/m1/s1. The zero-order valence-corrected chi connectivity index (χ0v) is 23.9. The van der Waals surface area contributed by atoms with Crippen LogP contribution >= 0.6 is 11.3 Å². The summed E-state index contributed by atoms with van der Waals surface area (Å²) in [6.45, 7) is 0.744. The number of carbonyl (C=O) groups excluding carboxylic acids is 2. The van der Waals surface area contributed by atoms with Gasteiger partial charge in [0.2, 0.25) is 5.75 Å². The Morgan fingerprint density at radius 1 is 0.905 bits per heavy atom. The van der Waals surface area contributed by atoms with Gasteiger partial charge in [-0.15, -0.1) is 0 Å². The molecule has 1 fully saturated rings. The minimum atomic E-state index is -1.09. The van der Waals surface area contributed by atoms with E-state index in [4.69, 9.17) is 28.4 Å². The fourth-order valence-electron chi connectivity index (χ4n) is 5.07. The Hall–Kier alpha value is -4.97. The average Bonchev–Trinajstić information content (AvgIpc) is 3.56. The van der Waals surface area contributed by atoms with E-state index in [9.17, 15) is 14.7 Å². The van der Waals surface area contributed by atoms with Crippen molar-refractivity contribution < 1.29 is 43.1 Å². The third-order valence-corrected chi connectivity index (χ3v) is 8.07. The monoisotopic (exact) mass is 590 g/mol. The zero-order chi connectivity index (χ0) is 29.5. The Bertz CT molecular complexity index is 1740. The Balaban J connectivity index is 1.58. The maximum Gasteiger partial charge on any atom is 0.301 e. The SMILES string of the molecule is COc1ccc2nc(N3C(=O)C(=O)C(=C(O)c4ccc5c(c4)OCCO5)[C@H]3c3cc(OC)c(OC)c(OC)c3)sc2c1. The van der Waals surface area contributed by atoms with E-state index in [1.165, 1.54) is 37.6 Å². The van der Waals surface area contributed by atoms with Crippen LogP contribution in [0.15, 0.2) is 54.1 Å². The van der Waals surface area contributed by atoms with Crippen molar-refractivity contribution in [3.63, 3.8) is 0 Å². The van der Waals surface area contributed by atoms with Crippen LogP contribution < -0.4 is 33.3 Å². The molecule has 6 rings (SSSR count). The fourth-order valence-corrected chi connectivity index (χ4v) is 6.09. The maximum atomic E-state index is 13.7. The van der Waals surface area contributed by atoms with Gasteiger partial charge in [-0.05, 0) is 54.1 Å². The molecular weight excluding hydrogens is 564 g/mol. The lowest BCUT2D eigenvalue weighted by Crippen LogP contribution is -2.29. The lowest BCUT2D eigenvalue weighted by molar-refractivity contribution is -0.132. The van der Waals surface area contributed by atoms with Gasteiger partial charge in [-0.1, -0.05) is 11.3 Å². The average molecular weight is 591 g/mol. The number of methoxy groups -OCH3 is 4. The predicted molar refractivity (Wildman–Crippen MR) is 154 cm³/mol. The zero-order valence-electron chi connectivity index (χ0n) is 23.1. The number of hydrogen-bond acceptors (Lipinski definition) is 11. The molecule has 4 aromatic rings. The van der Waals surface area contributed by atoms with Gasteiger partial charge in [0.05, 0.1) is 50.3 Å². The van der Waals surface area contributed by atoms with Gasteiger partial charge in [-0.3, -0.25) is 14.5 Å². The van der Waals surface area contributed by atoms with Crippen LogP contribution in [0.3, 0.4) is 0 Å². The van der Waals surface area contributed by atoms with E-state index >= 15 is 0 Å². The summed E-state index contributed by atoms with van der Waals surface area (Å²) in [6, 6.07) is 12.4. The first-order chi connectivity index (χ1) is 20.4. The molecule has 1 N–H and O–H groups in total. The van der Waals surface area contributed by atoms with Crippen LogP contribution in [-0.2, 0) is 9.59 Å². The quantitative estimate of drug-likeness (QED) is 0.183. The first-order valence-electron chi connectivity index (χ1n) is 12.8. The predicted octanol–water partition coefficient (Wildman–Crippen LogP) is 4.73. The molecule has 3 aromatic carbocycles. The number of rotatable bonds is 7. The summed E-state index contributed by atoms with van der Waals surface area (Å²) in [6.07, 6.45) is 0. The highest BCUT2D eigenvalue weighted by molar-refractivity contribution is 7.22. The Kier molecular flexibility index (Phi) is 6.99. The Labute approximate surface area is 244 Å². The summed E-state index contributed by atoms with van der Waals surface area (Å²) in [5.41, 5.74) is 1.19. The number of aromatic nitrogens is 1. The van der Waals surface area contributed by atoms with Crippen molar-refractivity contribution in [1.29, 1.82) is 0 Å². The first-order valence-corrected chi connectivity index (χ1v) is 13.7. The minimum absolute atomic E-state index is 0.136. The molecule has 2 aliphatic rings. The lowest BCUT2D eigenvalue weighted by Gasteiger charge is -2.25. The van der Waals surface area contributed by atoms with Gasteiger partial charge in [-0.25, -0.2) is 4.98 Å². The second-order valence-corrected chi connectivity index (χ2v) is 10.3. The molecule has 1 aromatic heterocycles. The second-order valence-electron chi connectivity index (χ2n) is 9.32. The number of hydrogen-bond donors (Lipinski definition) is 1. The molecule has 12 heteroatoms. The number of ether oxygens (including phenoxy) is 6. The topological polar surface area (TPSA) is 126 Å². The normalized spacial score (nSPS) is 17.4. The summed E-state index contributed by atoms with van der Waals surface area (Å²) < 4.78 is 34.0. The molecule has 0 saturated carbocycles. The summed E-state index contributed by atoms with van der Waals surface area (Å²) in [7, 11) is 5.97. The number of aliphatic hydroxyl groups excluding tert-OH is 1. The number of aliphatic hydroxyl groups is 1. The highest BCUT2D eigenvalue weighted by atomic mass is 32.1. The number of Topliss-reactive ketones (excluding diaryl/α,β-unsaturated/α-hetero) is 1. The van der Waals surface area contributed by atoms with Crippen LogP contribution in [0.2, 0.25) is 0 Å². The molecule has 1 amide bonds. The molecule has 1 saturated heterocycles. The molecule has 216 valence electrons. The van der Waals surface area contributed by atoms with Gasteiger partial charge in [0.15, 0.2) is 28.1 Å². The number of amides is 1. The largest absolute Gasteiger partial charge is 0.507 e. The van der Waals surface area contributed by atoms with Gasteiger partial charge in [0.1, 0.15) is 24.7 Å². The van der Waals surface area contributed by atoms with Gasteiger partial charge in [-0.2, -0.15) is 0 Å². The number of carbonyl (C=O) groups is 2. The van der Waals surface area contributed by atoms with E-state index < -0.39 is 17.7 Å². The highest BCUT2D eigenvalue weighted by Crippen LogP contribution is 2.48. The summed E-state index contributed by atoms with van der Waals surface area (Å²) >= 11 is 1.22. The van der Waals surface area contributed by atoms with Crippen molar-refractivity contribution >= 4 is 44.1 Å². The van der Waals surface area contributed by atoms with Crippen LogP contribution in [0, 0.1) is 0 Å². The van der Waals surface area contributed by atoms with E-state index in [0.717, 1.165) is 4.70 Å². The number of benzene rings is 3. The maximum absolute atomic E-state index is 13.7. The number of nitrogens with zero attached hydrogens (tertiary/aromatic N) is 2. The molecule has 0 radical (unpaired) electrons. The fraction of sp³-hybridized carbons (Fsp3) is 0.233. The molecule has 11 nitrogen and oxygen atoms in total. The highest BCUT2D eigenvalue weighted by Gasteiger charge is 2.48. The molecular formula is C30H26N2O9S. The van der Waals surface area contributed by atoms with Gasteiger partial charge in [0, 0.05) is 5.56 Å². The summed E-state index contributed by atoms with van der Waals surface area (Å²) in [5.74, 6) is 0.412. The van der Waals surface area contributed by atoms with Crippen LogP contribution in [-0.4, -0.2) is 63.4 Å². The smallest absolute Gasteiger partial charge is 0.301 e. The first kappa shape index (κ1) is 27.2. The number of thiazole rings is 1. The van der Waals surface area contributed by atoms with Crippen LogP contribution in [0.1, 0.15) is 17.2 Å². The van der Waals surface area contributed by atoms with Crippen molar-refractivity contribution in [1.82, 2.24) is 4.98 Å². The molecule has 42 heavy (non-hydrogen) atoms. The Morgan fingerprint density at radius 3 is 2.29 bits per heavy atom. The molecule has 2 aliphatic heterocycles. The molecule has 0 unspecified atom stereocenters. The minimum Gasteiger partial charge on any atom is -0.507 e. The van der Waals surface area contributed by atoms with E-state index in [1.54, 1.807) is 55.6 Å². The third-order valence-electron chi connectivity index (χ3n) is 7.05.